The first-order chi connectivity index (χ1) is 8.33. The van der Waals surface area contributed by atoms with Crippen molar-refractivity contribution in [2.45, 2.75) is 56.7 Å². The summed E-state index contributed by atoms with van der Waals surface area (Å²) in [5.74, 6) is 0. The van der Waals surface area contributed by atoms with Crippen molar-refractivity contribution in [3.8, 4) is 0 Å². The average molecular weight is 237 g/mol. The fourth-order valence-electron chi connectivity index (χ4n) is 4.05. The zero-order valence-corrected chi connectivity index (χ0v) is 11.2. The molecule has 3 aliphatic heterocycles. The van der Waals surface area contributed by atoms with E-state index < -0.39 is 0 Å². The van der Waals surface area contributed by atoms with Gasteiger partial charge in [0.1, 0.15) is 0 Å². The number of hydrogen-bond acceptors (Lipinski definition) is 3. The molecule has 0 aromatic carbocycles. The molecule has 0 amide bonds. The Morgan fingerprint density at radius 2 is 1.88 bits per heavy atom. The van der Waals surface area contributed by atoms with Crippen LogP contribution >= 0.6 is 0 Å². The molecular weight excluding hydrogens is 210 g/mol. The van der Waals surface area contributed by atoms with Gasteiger partial charge in [0.25, 0.3) is 0 Å². The molecule has 3 rings (SSSR count). The van der Waals surface area contributed by atoms with Crippen molar-refractivity contribution < 1.29 is 0 Å². The zero-order chi connectivity index (χ0) is 11.7. The Kier molecular flexibility index (Phi) is 3.69. The molecule has 0 saturated carbocycles. The summed E-state index contributed by atoms with van der Waals surface area (Å²) in [6.45, 7) is 5.24. The zero-order valence-electron chi connectivity index (χ0n) is 11.2. The first kappa shape index (κ1) is 11.9. The minimum Gasteiger partial charge on any atom is -0.308 e. The minimum atomic E-state index is 0.751. The van der Waals surface area contributed by atoms with E-state index >= 15 is 0 Å². The first-order valence-corrected chi connectivity index (χ1v) is 7.51. The second-order valence-electron chi connectivity index (χ2n) is 6.26. The van der Waals surface area contributed by atoms with Crippen LogP contribution in [0.4, 0.5) is 0 Å². The van der Waals surface area contributed by atoms with Crippen molar-refractivity contribution >= 4 is 0 Å². The normalized spacial score (nSPS) is 40.4. The Hall–Kier alpha value is -0.120. The van der Waals surface area contributed by atoms with E-state index in [4.69, 9.17) is 0 Å². The molecule has 0 radical (unpaired) electrons. The van der Waals surface area contributed by atoms with Gasteiger partial charge >= 0.3 is 0 Å². The first-order valence-electron chi connectivity index (χ1n) is 7.51. The number of nitrogens with one attached hydrogen (secondary N) is 1. The number of nitrogens with zero attached hydrogens (tertiary/aromatic N) is 2. The van der Waals surface area contributed by atoms with Crippen molar-refractivity contribution in [3.63, 3.8) is 0 Å². The number of likely N-dealkylation sites (tertiary alicyclic amines) is 1. The second kappa shape index (κ2) is 5.25. The molecule has 98 valence electrons. The third-order valence-electron chi connectivity index (χ3n) is 4.93. The van der Waals surface area contributed by atoms with Gasteiger partial charge in [-0.25, -0.2) is 0 Å². The van der Waals surface area contributed by atoms with E-state index in [0.29, 0.717) is 0 Å². The Bertz CT molecular complexity index is 256. The SMILES string of the molecule is CN1CCCC(NC2CCN3CCCCC23)C1. The highest BCUT2D eigenvalue weighted by Gasteiger charge is 2.36. The van der Waals surface area contributed by atoms with Crippen LogP contribution in [0.5, 0.6) is 0 Å². The van der Waals surface area contributed by atoms with Crippen molar-refractivity contribution in [2.24, 2.45) is 0 Å². The van der Waals surface area contributed by atoms with Crippen LogP contribution in [0.25, 0.3) is 0 Å². The average Bonchev–Trinajstić information content (AvgIpc) is 2.73. The van der Waals surface area contributed by atoms with Crippen molar-refractivity contribution in [1.29, 1.82) is 0 Å². The van der Waals surface area contributed by atoms with Crippen molar-refractivity contribution in [3.05, 3.63) is 0 Å². The summed E-state index contributed by atoms with van der Waals surface area (Å²) in [7, 11) is 2.26. The van der Waals surface area contributed by atoms with E-state index in [1.807, 2.05) is 0 Å². The lowest BCUT2D eigenvalue weighted by molar-refractivity contribution is 0.161. The Morgan fingerprint density at radius 3 is 2.76 bits per heavy atom. The molecule has 3 unspecified atom stereocenters. The van der Waals surface area contributed by atoms with Gasteiger partial charge in [-0.2, -0.15) is 0 Å². The van der Waals surface area contributed by atoms with Gasteiger partial charge < -0.3 is 10.2 Å². The molecule has 0 spiro atoms. The van der Waals surface area contributed by atoms with Gasteiger partial charge in [-0.3, -0.25) is 4.90 Å². The van der Waals surface area contributed by atoms with Gasteiger partial charge in [-0.15, -0.1) is 0 Å². The molecule has 1 N–H and O–H groups in total. The Labute approximate surface area is 106 Å². The predicted molar refractivity (Wildman–Crippen MR) is 71.3 cm³/mol. The molecular formula is C14H27N3. The summed E-state index contributed by atoms with van der Waals surface area (Å²) in [6, 6.07) is 2.39. The summed E-state index contributed by atoms with van der Waals surface area (Å²) < 4.78 is 0. The molecule has 17 heavy (non-hydrogen) atoms. The maximum absolute atomic E-state index is 3.96. The number of likely N-dealkylation sites (N-methyl/N-ethyl adjacent to an activating group) is 1. The monoisotopic (exact) mass is 237 g/mol. The fraction of sp³-hybridized carbons (Fsp3) is 1.00. The molecule has 3 nitrogen and oxygen atoms in total. The molecule has 0 aromatic heterocycles. The molecule has 3 fully saturated rings. The van der Waals surface area contributed by atoms with Crippen molar-refractivity contribution in [2.75, 3.05) is 33.2 Å². The lowest BCUT2D eigenvalue weighted by Gasteiger charge is -2.37. The molecule has 0 aliphatic carbocycles. The lowest BCUT2D eigenvalue weighted by atomic mass is 9.97. The van der Waals surface area contributed by atoms with Gasteiger partial charge in [0.2, 0.25) is 0 Å². The van der Waals surface area contributed by atoms with E-state index in [2.05, 4.69) is 22.2 Å². The molecule has 3 saturated heterocycles. The molecule has 3 atom stereocenters. The Morgan fingerprint density at radius 1 is 0.941 bits per heavy atom. The van der Waals surface area contributed by atoms with Crippen LogP contribution in [0.1, 0.15) is 38.5 Å². The maximum atomic E-state index is 3.96. The predicted octanol–water partition coefficient (Wildman–Crippen LogP) is 1.30. The van der Waals surface area contributed by atoms with E-state index in [9.17, 15) is 0 Å². The molecule has 0 bridgehead atoms. The van der Waals surface area contributed by atoms with E-state index in [1.165, 1.54) is 64.7 Å². The number of rotatable bonds is 2. The quantitative estimate of drug-likeness (QED) is 0.781. The number of fused-ring (bicyclic) bond motifs is 1. The maximum Gasteiger partial charge on any atom is 0.0249 e. The highest BCUT2D eigenvalue weighted by molar-refractivity contribution is 4.96. The summed E-state index contributed by atoms with van der Waals surface area (Å²) in [5.41, 5.74) is 0. The summed E-state index contributed by atoms with van der Waals surface area (Å²) in [5, 5.41) is 3.96. The van der Waals surface area contributed by atoms with Gasteiger partial charge in [-0.1, -0.05) is 6.42 Å². The van der Waals surface area contributed by atoms with E-state index in [1.54, 1.807) is 0 Å². The van der Waals surface area contributed by atoms with Gasteiger partial charge in [0.05, 0.1) is 0 Å². The molecule has 3 heterocycles. The van der Waals surface area contributed by atoms with Crippen LogP contribution in [0.3, 0.4) is 0 Å². The fourth-order valence-corrected chi connectivity index (χ4v) is 4.05. The topological polar surface area (TPSA) is 18.5 Å². The largest absolute Gasteiger partial charge is 0.308 e. The minimum absolute atomic E-state index is 0.751. The summed E-state index contributed by atoms with van der Waals surface area (Å²) >= 11 is 0. The van der Waals surface area contributed by atoms with Crippen molar-refractivity contribution in [1.82, 2.24) is 15.1 Å². The van der Waals surface area contributed by atoms with E-state index in [-0.39, 0.29) is 0 Å². The van der Waals surface area contributed by atoms with Gasteiger partial charge in [-0.05, 0) is 52.2 Å². The second-order valence-corrected chi connectivity index (χ2v) is 6.26. The Balaban J connectivity index is 1.54. The third kappa shape index (κ3) is 2.67. The van der Waals surface area contributed by atoms with Gasteiger partial charge in [0.15, 0.2) is 0 Å². The third-order valence-corrected chi connectivity index (χ3v) is 4.93. The molecule has 0 aromatic rings. The molecule has 3 aliphatic rings. The van der Waals surface area contributed by atoms with Crippen LogP contribution in [-0.4, -0.2) is 61.2 Å². The standard InChI is InChI=1S/C14H27N3/c1-16-8-4-5-12(11-16)15-13-7-10-17-9-3-2-6-14(13)17/h12-15H,2-11H2,1H3. The highest BCUT2D eigenvalue weighted by atomic mass is 15.2. The van der Waals surface area contributed by atoms with Crippen LogP contribution in [0, 0.1) is 0 Å². The molecule has 3 heteroatoms. The van der Waals surface area contributed by atoms with Crippen LogP contribution in [-0.2, 0) is 0 Å². The summed E-state index contributed by atoms with van der Waals surface area (Å²) in [6.07, 6.45) is 8.44. The van der Waals surface area contributed by atoms with E-state index in [0.717, 1.165) is 18.1 Å². The van der Waals surface area contributed by atoms with Crippen LogP contribution in [0.2, 0.25) is 0 Å². The smallest absolute Gasteiger partial charge is 0.0249 e. The number of piperidine rings is 2. The lowest BCUT2D eigenvalue weighted by Crippen LogP contribution is -2.52. The summed E-state index contributed by atoms with van der Waals surface area (Å²) in [4.78, 5) is 5.21. The van der Waals surface area contributed by atoms with Crippen LogP contribution < -0.4 is 5.32 Å². The number of hydrogen-bond donors (Lipinski definition) is 1. The van der Waals surface area contributed by atoms with Gasteiger partial charge in [0, 0.05) is 31.2 Å². The highest BCUT2D eigenvalue weighted by Crippen LogP contribution is 2.27. The van der Waals surface area contributed by atoms with Crippen LogP contribution in [0.15, 0.2) is 0 Å².